The zero-order valence-electron chi connectivity index (χ0n) is 13.5. The molecular formula is C22H20O2. The summed E-state index contributed by atoms with van der Waals surface area (Å²) in [6.07, 6.45) is 1.02. The maximum atomic E-state index is 11.2. The van der Waals surface area contributed by atoms with Gasteiger partial charge in [-0.25, -0.2) is 0 Å². The Morgan fingerprint density at radius 3 is 2.12 bits per heavy atom. The topological polar surface area (TPSA) is 26.3 Å². The van der Waals surface area contributed by atoms with Gasteiger partial charge in [-0.15, -0.1) is 0 Å². The summed E-state index contributed by atoms with van der Waals surface area (Å²) >= 11 is 0. The highest BCUT2D eigenvalue weighted by Gasteiger charge is 2.16. The highest BCUT2D eigenvalue weighted by Crippen LogP contribution is 2.32. The van der Waals surface area contributed by atoms with Gasteiger partial charge < -0.3 is 9.53 Å². The summed E-state index contributed by atoms with van der Waals surface area (Å²) in [7, 11) is 0. The van der Waals surface area contributed by atoms with E-state index in [1.165, 1.54) is 0 Å². The number of benzene rings is 3. The number of aldehydes is 1. The standard InChI is InChI=1S/C22H20O2/c23-16-15-22(24-17-18-9-3-1-4-10-18)21-14-8-7-13-20(21)19-11-5-2-6-12-19/h1-14,16,22H,15,17H2. The third kappa shape index (κ3) is 3.98. The number of carbonyl (C=O) groups is 1. The molecular weight excluding hydrogens is 296 g/mol. The molecule has 3 aromatic carbocycles. The van der Waals surface area contributed by atoms with Gasteiger partial charge in [0.25, 0.3) is 0 Å². The Labute approximate surface area is 142 Å². The molecule has 0 aromatic heterocycles. The molecule has 0 bridgehead atoms. The van der Waals surface area contributed by atoms with Crippen molar-refractivity contribution < 1.29 is 9.53 Å². The highest BCUT2D eigenvalue weighted by molar-refractivity contribution is 5.68. The van der Waals surface area contributed by atoms with Gasteiger partial charge in [0.05, 0.1) is 12.7 Å². The Kier molecular flexibility index (Phi) is 5.54. The molecule has 120 valence electrons. The van der Waals surface area contributed by atoms with E-state index in [0.29, 0.717) is 13.0 Å². The molecule has 0 aliphatic heterocycles. The van der Waals surface area contributed by atoms with E-state index < -0.39 is 0 Å². The van der Waals surface area contributed by atoms with Crippen LogP contribution in [-0.2, 0) is 16.1 Å². The van der Waals surface area contributed by atoms with Crippen molar-refractivity contribution in [3.8, 4) is 11.1 Å². The lowest BCUT2D eigenvalue weighted by atomic mass is 9.95. The summed E-state index contributed by atoms with van der Waals surface area (Å²) in [5.74, 6) is 0. The third-order valence-corrected chi connectivity index (χ3v) is 4.00. The maximum Gasteiger partial charge on any atom is 0.122 e. The van der Waals surface area contributed by atoms with Crippen LogP contribution < -0.4 is 0 Å². The fourth-order valence-electron chi connectivity index (χ4n) is 2.80. The molecule has 0 heterocycles. The predicted molar refractivity (Wildman–Crippen MR) is 96.5 cm³/mol. The molecule has 24 heavy (non-hydrogen) atoms. The van der Waals surface area contributed by atoms with E-state index in [4.69, 9.17) is 4.74 Å². The molecule has 0 aliphatic carbocycles. The van der Waals surface area contributed by atoms with Crippen LogP contribution in [-0.4, -0.2) is 6.29 Å². The van der Waals surface area contributed by atoms with E-state index >= 15 is 0 Å². The van der Waals surface area contributed by atoms with E-state index in [1.54, 1.807) is 0 Å². The molecule has 0 spiro atoms. The van der Waals surface area contributed by atoms with Gasteiger partial charge in [-0.1, -0.05) is 84.9 Å². The first-order valence-corrected chi connectivity index (χ1v) is 8.12. The molecule has 0 saturated heterocycles. The molecule has 1 unspecified atom stereocenters. The van der Waals surface area contributed by atoms with Crippen LogP contribution in [0.25, 0.3) is 11.1 Å². The van der Waals surface area contributed by atoms with Gasteiger partial charge in [0.15, 0.2) is 0 Å². The lowest BCUT2D eigenvalue weighted by molar-refractivity contribution is -0.110. The van der Waals surface area contributed by atoms with Crippen molar-refractivity contribution in [3.63, 3.8) is 0 Å². The van der Waals surface area contributed by atoms with Gasteiger partial charge >= 0.3 is 0 Å². The van der Waals surface area contributed by atoms with Crippen molar-refractivity contribution in [3.05, 3.63) is 96.1 Å². The minimum absolute atomic E-state index is 0.251. The Balaban J connectivity index is 1.87. The second kappa shape index (κ2) is 8.23. The summed E-state index contributed by atoms with van der Waals surface area (Å²) < 4.78 is 6.09. The van der Waals surface area contributed by atoms with Gasteiger partial charge in [0.2, 0.25) is 0 Å². The van der Waals surface area contributed by atoms with Crippen LogP contribution in [0.15, 0.2) is 84.9 Å². The summed E-state index contributed by atoms with van der Waals surface area (Å²) in [5, 5.41) is 0. The number of rotatable bonds is 7. The van der Waals surface area contributed by atoms with Crippen molar-refractivity contribution in [2.45, 2.75) is 19.1 Å². The second-order valence-electron chi connectivity index (χ2n) is 5.64. The lowest BCUT2D eigenvalue weighted by Gasteiger charge is -2.20. The van der Waals surface area contributed by atoms with E-state index in [2.05, 4.69) is 18.2 Å². The first-order valence-electron chi connectivity index (χ1n) is 8.12. The van der Waals surface area contributed by atoms with Gasteiger partial charge in [0, 0.05) is 6.42 Å². The second-order valence-corrected chi connectivity index (χ2v) is 5.64. The minimum atomic E-state index is -0.251. The van der Waals surface area contributed by atoms with Crippen LogP contribution in [0.4, 0.5) is 0 Å². The van der Waals surface area contributed by atoms with E-state index in [1.807, 2.05) is 66.7 Å². The largest absolute Gasteiger partial charge is 0.368 e. The first-order chi connectivity index (χ1) is 11.9. The van der Waals surface area contributed by atoms with Gasteiger partial charge in [0.1, 0.15) is 6.29 Å². The average molecular weight is 316 g/mol. The number of hydrogen-bond donors (Lipinski definition) is 0. The predicted octanol–water partition coefficient (Wildman–Crippen LogP) is 5.20. The van der Waals surface area contributed by atoms with Crippen LogP contribution in [0, 0.1) is 0 Å². The lowest BCUT2D eigenvalue weighted by Crippen LogP contribution is -2.07. The van der Waals surface area contributed by atoms with Crippen molar-refractivity contribution in [1.82, 2.24) is 0 Å². The van der Waals surface area contributed by atoms with Crippen LogP contribution in [0.5, 0.6) is 0 Å². The third-order valence-electron chi connectivity index (χ3n) is 4.00. The zero-order chi connectivity index (χ0) is 16.6. The van der Waals surface area contributed by atoms with E-state index in [9.17, 15) is 4.79 Å². The molecule has 0 radical (unpaired) electrons. The number of ether oxygens (including phenoxy) is 1. The Morgan fingerprint density at radius 1 is 0.792 bits per heavy atom. The minimum Gasteiger partial charge on any atom is -0.368 e. The highest BCUT2D eigenvalue weighted by atomic mass is 16.5. The fourth-order valence-corrected chi connectivity index (χ4v) is 2.80. The fraction of sp³-hybridized carbons (Fsp3) is 0.136. The van der Waals surface area contributed by atoms with Gasteiger partial charge in [-0.05, 0) is 22.3 Å². The van der Waals surface area contributed by atoms with Crippen molar-refractivity contribution in [1.29, 1.82) is 0 Å². The number of hydrogen-bond acceptors (Lipinski definition) is 2. The maximum absolute atomic E-state index is 11.2. The van der Waals surface area contributed by atoms with Crippen LogP contribution >= 0.6 is 0 Å². The molecule has 1 atom stereocenters. The molecule has 2 nitrogen and oxygen atoms in total. The molecule has 0 amide bonds. The first kappa shape index (κ1) is 16.2. The molecule has 0 N–H and O–H groups in total. The van der Waals surface area contributed by atoms with Crippen molar-refractivity contribution >= 4 is 6.29 Å². The van der Waals surface area contributed by atoms with Crippen molar-refractivity contribution in [2.24, 2.45) is 0 Å². The van der Waals surface area contributed by atoms with Crippen LogP contribution in [0.1, 0.15) is 23.7 Å². The monoisotopic (exact) mass is 316 g/mol. The molecule has 0 fully saturated rings. The van der Waals surface area contributed by atoms with E-state index in [-0.39, 0.29) is 6.10 Å². The summed E-state index contributed by atoms with van der Waals surface area (Å²) in [4.78, 5) is 11.2. The Morgan fingerprint density at radius 2 is 1.42 bits per heavy atom. The molecule has 2 heteroatoms. The zero-order valence-corrected chi connectivity index (χ0v) is 13.5. The SMILES string of the molecule is O=CCC(OCc1ccccc1)c1ccccc1-c1ccccc1. The number of carbonyl (C=O) groups excluding carboxylic acids is 1. The van der Waals surface area contributed by atoms with E-state index in [0.717, 1.165) is 28.5 Å². The normalized spacial score (nSPS) is 11.8. The summed E-state index contributed by atoms with van der Waals surface area (Å²) in [5.41, 5.74) is 4.39. The summed E-state index contributed by atoms with van der Waals surface area (Å²) in [6.45, 7) is 0.489. The molecule has 3 aromatic rings. The smallest absolute Gasteiger partial charge is 0.122 e. The Hall–Kier alpha value is -2.71. The molecule has 3 rings (SSSR count). The van der Waals surface area contributed by atoms with Gasteiger partial charge in [-0.2, -0.15) is 0 Å². The quantitative estimate of drug-likeness (QED) is 0.560. The van der Waals surface area contributed by atoms with Gasteiger partial charge in [-0.3, -0.25) is 0 Å². The van der Waals surface area contributed by atoms with Crippen molar-refractivity contribution in [2.75, 3.05) is 0 Å². The molecule has 0 aliphatic rings. The average Bonchev–Trinajstić information content (AvgIpc) is 2.67. The van der Waals surface area contributed by atoms with Crippen LogP contribution in [0.3, 0.4) is 0 Å². The summed E-state index contributed by atoms with van der Waals surface area (Å²) in [6, 6.07) is 28.3. The Bertz CT molecular complexity index is 766. The van der Waals surface area contributed by atoms with Crippen LogP contribution in [0.2, 0.25) is 0 Å². The molecule has 0 saturated carbocycles.